The molecule has 0 aliphatic heterocycles. The molecule has 0 radical (unpaired) electrons. The van der Waals surface area contributed by atoms with Crippen molar-refractivity contribution in [3.63, 3.8) is 0 Å². The number of halogens is 2. The van der Waals surface area contributed by atoms with Crippen LogP contribution in [-0.2, 0) is 18.4 Å². The predicted molar refractivity (Wildman–Crippen MR) is 147 cm³/mol. The van der Waals surface area contributed by atoms with Crippen molar-refractivity contribution in [2.75, 3.05) is 4.90 Å². The van der Waals surface area contributed by atoms with Crippen molar-refractivity contribution in [2.24, 2.45) is 7.05 Å². The summed E-state index contributed by atoms with van der Waals surface area (Å²) in [6.45, 7) is -1.02. The summed E-state index contributed by atoms with van der Waals surface area (Å²) in [5, 5.41) is 14.7. The van der Waals surface area contributed by atoms with Crippen molar-refractivity contribution in [2.45, 2.75) is 6.52 Å². The summed E-state index contributed by atoms with van der Waals surface area (Å²) in [4.78, 5) is 12.6. The number of hydrogen-bond acceptors (Lipinski definition) is 3. The van der Waals surface area contributed by atoms with E-state index in [2.05, 4.69) is 5.10 Å². The summed E-state index contributed by atoms with van der Waals surface area (Å²) in [5.41, 5.74) is 4.84. The molecule has 1 atom stereocenters. The second-order valence-corrected chi connectivity index (χ2v) is 8.93. The number of fused-ring (bicyclic) bond motifs is 1. The zero-order valence-corrected chi connectivity index (χ0v) is 20.6. The van der Waals surface area contributed by atoms with Gasteiger partial charge >= 0.3 is 5.97 Å². The number of anilines is 2. The van der Waals surface area contributed by atoms with E-state index in [4.69, 9.17) is 16.7 Å². The number of carbonyl (C=O) groups is 1. The molecule has 37 heavy (non-hydrogen) atoms. The first kappa shape index (κ1) is 23.0. The Labute approximate surface area is 220 Å². The number of hydrogen-bond donors (Lipinski definition) is 1. The summed E-state index contributed by atoms with van der Waals surface area (Å²) in [6, 6.07) is 25.0. The third-order valence-corrected chi connectivity index (χ3v) is 6.31. The number of para-hydroxylation sites is 1. The van der Waals surface area contributed by atoms with Crippen LogP contribution in [0.3, 0.4) is 0 Å². The average molecular weight is 513 g/mol. The van der Waals surface area contributed by atoms with Gasteiger partial charge in [0.25, 0.3) is 0 Å². The molecule has 0 amide bonds. The molecule has 184 valence electrons. The van der Waals surface area contributed by atoms with Crippen molar-refractivity contribution < 1.29 is 15.7 Å². The first-order chi connectivity index (χ1) is 18.3. The van der Waals surface area contributed by atoms with E-state index < -0.39 is 18.3 Å². The van der Waals surface area contributed by atoms with Gasteiger partial charge in [0.15, 0.2) is 0 Å². The highest BCUT2D eigenvalue weighted by atomic mass is 35.5. The van der Waals surface area contributed by atoms with Crippen molar-refractivity contribution in [1.82, 2.24) is 9.78 Å². The van der Waals surface area contributed by atoms with Gasteiger partial charge in [0.2, 0.25) is 0 Å². The van der Waals surface area contributed by atoms with E-state index in [0.717, 1.165) is 28.1 Å². The van der Waals surface area contributed by atoms with Gasteiger partial charge < -0.3 is 10.0 Å². The fourth-order valence-electron chi connectivity index (χ4n) is 4.18. The average Bonchev–Trinajstić information content (AvgIpc) is 3.27. The van der Waals surface area contributed by atoms with E-state index in [1.807, 2.05) is 84.7 Å². The van der Waals surface area contributed by atoms with Crippen LogP contribution >= 0.6 is 11.6 Å². The maximum Gasteiger partial charge on any atom is 0.328 e. The Morgan fingerprint density at radius 3 is 2.57 bits per heavy atom. The lowest BCUT2D eigenvalue weighted by Gasteiger charge is -2.26. The van der Waals surface area contributed by atoms with Gasteiger partial charge in [0, 0.05) is 41.4 Å². The van der Waals surface area contributed by atoms with Crippen LogP contribution in [0.15, 0.2) is 97.2 Å². The van der Waals surface area contributed by atoms with Crippen molar-refractivity contribution in [1.29, 1.82) is 0 Å². The molecule has 1 unspecified atom stereocenters. The van der Waals surface area contributed by atoms with Crippen molar-refractivity contribution in [3.8, 4) is 11.1 Å². The number of aryl methyl sites for hydroxylation is 1. The molecular weight excluding hydrogens is 489 g/mol. The Hall–Kier alpha value is -4.42. The van der Waals surface area contributed by atoms with Gasteiger partial charge in [-0.05, 0) is 76.9 Å². The number of aromatic nitrogens is 2. The lowest BCUT2D eigenvalue weighted by Crippen LogP contribution is -2.17. The van der Waals surface area contributed by atoms with Gasteiger partial charge in [-0.3, -0.25) is 4.68 Å². The van der Waals surface area contributed by atoms with Crippen LogP contribution in [0, 0.1) is 5.82 Å². The normalized spacial score (nSPS) is 12.6. The molecule has 0 bridgehead atoms. The second kappa shape index (κ2) is 10.3. The molecule has 1 aromatic heterocycles. The molecule has 5 nitrogen and oxygen atoms in total. The molecule has 0 aliphatic carbocycles. The Balaban J connectivity index is 1.55. The van der Waals surface area contributed by atoms with Crippen LogP contribution < -0.4 is 4.90 Å². The van der Waals surface area contributed by atoms with E-state index in [-0.39, 0.29) is 0 Å². The topological polar surface area (TPSA) is 58.4 Å². The zero-order valence-electron chi connectivity index (χ0n) is 20.8. The summed E-state index contributed by atoms with van der Waals surface area (Å²) in [7, 11) is 1.89. The molecular formula is C30H23ClFN3O2. The van der Waals surface area contributed by atoms with Crippen molar-refractivity contribution >= 4 is 45.9 Å². The smallest absolute Gasteiger partial charge is 0.328 e. The number of aliphatic carboxylic acids is 1. The summed E-state index contributed by atoms with van der Waals surface area (Å²) in [6.07, 6.45) is 4.07. The maximum absolute atomic E-state index is 14.6. The lowest BCUT2D eigenvalue weighted by molar-refractivity contribution is -0.131. The van der Waals surface area contributed by atoms with E-state index in [9.17, 15) is 10.6 Å². The Morgan fingerprint density at radius 1 is 1.05 bits per heavy atom. The Morgan fingerprint density at radius 2 is 1.81 bits per heavy atom. The van der Waals surface area contributed by atoms with E-state index in [1.54, 1.807) is 11.0 Å². The molecule has 0 aliphatic rings. The fourth-order valence-corrected chi connectivity index (χ4v) is 4.41. The Kier molecular flexibility index (Phi) is 6.40. The van der Waals surface area contributed by atoms with Gasteiger partial charge in [-0.1, -0.05) is 48.0 Å². The van der Waals surface area contributed by atoms with Crippen LogP contribution in [0.5, 0.6) is 0 Å². The summed E-state index contributed by atoms with van der Waals surface area (Å²) < 4.78 is 25.6. The number of carboxylic acids is 1. The third-order valence-electron chi connectivity index (χ3n) is 5.98. The third kappa shape index (κ3) is 5.39. The Bertz CT molecular complexity index is 1670. The molecule has 0 saturated carbocycles. The molecule has 4 aromatic carbocycles. The molecule has 5 rings (SSSR count). The summed E-state index contributed by atoms with van der Waals surface area (Å²) in [5.74, 6) is -1.68. The minimum absolute atomic E-state index is 0.364. The summed E-state index contributed by atoms with van der Waals surface area (Å²) >= 11 is 6.75. The predicted octanol–water partition coefficient (Wildman–Crippen LogP) is 7.47. The standard InChI is InChI=1S/C30H23ClFN3O2/c1-34-29-11-10-21(15-24(29)18-33-34)22-8-9-23(28(31)16-22)19-35(26-5-3-2-4-6-26)27-14-20(7-12-30(36)37)13-25(32)17-27/h2-18H,19H2,1H3,(H,36,37)/b12-7+/i19D. The SMILES string of the molecule is [2H]C(c1ccc(-c2ccc3c(cnn3C)c2)cc1Cl)N(c1ccccc1)c1cc(F)cc(/C=C/C(=O)O)c1. The largest absolute Gasteiger partial charge is 0.478 e. The first-order valence-electron chi connectivity index (χ1n) is 12.1. The van der Waals surface area contributed by atoms with E-state index in [0.29, 0.717) is 27.5 Å². The van der Waals surface area contributed by atoms with Crippen LogP contribution in [-0.4, -0.2) is 20.9 Å². The van der Waals surface area contributed by atoms with Gasteiger partial charge in [-0.25, -0.2) is 9.18 Å². The molecule has 1 N–H and O–H groups in total. The molecule has 0 saturated heterocycles. The van der Waals surface area contributed by atoms with Gasteiger partial charge in [0.05, 0.1) is 13.1 Å². The van der Waals surface area contributed by atoms with Crippen molar-refractivity contribution in [3.05, 3.63) is 119 Å². The minimum Gasteiger partial charge on any atom is -0.478 e. The van der Waals surface area contributed by atoms with Gasteiger partial charge in [0.1, 0.15) is 5.82 Å². The first-order valence-corrected chi connectivity index (χ1v) is 11.9. The highest BCUT2D eigenvalue weighted by Crippen LogP contribution is 2.33. The molecule has 7 heteroatoms. The van der Waals surface area contributed by atoms with Gasteiger partial charge in [-0.15, -0.1) is 0 Å². The second-order valence-electron chi connectivity index (χ2n) is 8.53. The molecule has 1 heterocycles. The number of rotatable bonds is 7. The fraction of sp³-hybridized carbons (Fsp3) is 0.0667. The molecule has 5 aromatic rings. The molecule has 0 spiro atoms. The van der Waals surface area contributed by atoms with Crippen LogP contribution in [0.2, 0.25) is 5.02 Å². The number of nitrogens with zero attached hydrogens (tertiary/aromatic N) is 3. The molecule has 0 fully saturated rings. The number of carboxylic acid groups (broad SMARTS) is 1. The van der Waals surface area contributed by atoms with Crippen LogP contribution in [0.1, 0.15) is 12.5 Å². The highest BCUT2D eigenvalue weighted by molar-refractivity contribution is 6.31. The quantitative estimate of drug-likeness (QED) is 0.230. The van der Waals surface area contributed by atoms with Crippen LogP contribution in [0.25, 0.3) is 28.1 Å². The maximum atomic E-state index is 14.6. The van der Waals surface area contributed by atoms with Gasteiger partial charge in [-0.2, -0.15) is 5.10 Å². The van der Waals surface area contributed by atoms with E-state index in [1.165, 1.54) is 18.2 Å². The zero-order chi connectivity index (χ0) is 26.8. The van der Waals surface area contributed by atoms with Crippen LogP contribution in [0.4, 0.5) is 15.8 Å². The van der Waals surface area contributed by atoms with E-state index >= 15 is 0 Å². The highest BCUT2D eigenvalue weighted by Gasteiger charge is 2.15. The monoisotopic (exact) mass is 512 g/mol. The lowest BCUT2D eigenvalue weighted by atomic mass is 10.0. The number of benzene rings is 4. The minimum atomic E-state index is -1.14.